The van der Waals surface area contributed by atoms with Gasteiger partial charge in [0.05, 0.1) is 32.9 Å². The van der Waals surface area contributed by atoms with E-state index in [-0.39, 0.29) is 0 Å². The van der Waals surface area contributed by atoms with E-state index in [1.54, 1.807) is 0 Å². The van der Waals surface area contributed by atoms with Crippen LogP contribution in [0.3, 0.4) is 0 Å². The van der Waals surface area contributed by atoms with Crippen molar-refractivity contribution in [1.29, 1.82) is 0 Å². The van der Waals surface area contributed by atoms with Gasteiger partial charge in [-0.1, -0.05) is 121 Å². The fraction of sp³-hybridized carbons (Fsp3) is 0. The zero-order chi connectivity index (χ0) is 34.4. The highest BCUT2D eigenvalue weighted by Gasteiger charge is 2.15. The van der Waals surface area contributed by atoms with Crippen molar-refractivity contribution in [3.63, 3.8) is 0 Å². The number of fused-ring (bicyclic) bond motifs is 9. The molecule has 0 aliphatic rings. The first-order chi connectivity index (χ1) is 25.8. The molecule has 0 aliphatic heterocycles. The average molecular weight is 686 g/mol. The van der Waals surface area contributed by atoms with E-state index in [0.717, 1.165) is 44.6 Å². The minimum Gasteiger partial charge on any atom is -0.355 e. The fourth-order valence-electron chi connectivity index (χ4n) is 7.50. The minimum atomic E-state index is 0.337. The third-order valence-corrected chi connectivity index (χ3v) is 10.8. The number of nitrogens with zero attached hydrogens (tertiary/aromatic N) is 4. The minimum absolute atomic E-state index is 0.337. The fourth-order valence-corrected chi connectivity index (χ4v) is 8.47. The summed E-state index contributed by atoms with van der Waals surface area (Å²) in [7, 11) is 0.337. The number of rotatable bonds is 4. The summed E-state index contributed by atoms with van der Waals surface area (Å²) in [6.07, 6.45) is 0. The summed E-state index contributed by atoms with van der Waals surface area (Å²) in [5.74, 6) is 1.85. The molecule has 0 atom stereocenters. The average Bonchev–Trinajstić information content (AvgIpc) is 3.86. The molecule has 6 aromatic carbocycles. The Morgan fingerprint density at radius 3 is 1.04 bits per heavy atom. The highest BCUT2D eigenvalue weighted by molar-refractivity contribution is 7.54. The van der Waals surface area contributed by atoms with Crippen molar-refractivity contribution in [2.75, 3.05) is 0 Å². The molecule has 246 valence electrons. The van der Waals surface area contributed by atoms with Crippen LogP contribution >= 0.6 is 8.58 Å². The third kappa shape index (κ3) is 5.14. The van der Waals surface area contributed by atoms with E-state index in [0.29, 0.717) is 8.58 Å². The molecular formula is C46H32N5P. The molecule has 0 saturated heterocycles. The maximum atomic E-state index is 5.13. The van der Waals surface area contributed by atoms with Crippen molar-refractivity contribution in [3.8, 4) is 11.6 Å². The molecule has 5 heterocycles. The Hall–Kier alpha value is -6.55. The van der Waals surface area contributed by atoms with Gasteiger partial charge in [-0.15, -0.1) is 0 Å². The molecule has 0 radical (unpaired) electrons. The van der Waals surface area contributed by atoms with Gasteiger partial charge in [0.25, 0.3) is 0 Å². The summed E-state index contributed by atoms with van der Waals surface area (Å²) in [5, 5.41) is 7.56. The molecule has 0 spiro atoms. The molecule has 6 heteroatoms. The van der Waals surface area contributed by atoms with Crippen LogP contribution in [0.5, 0.6) is 0 Å². The van der Waals surface area contributed by atoms with Crippen LogP contribution in [-0.4, -0.2) is 24.1 Å². The Morgan fingerprint density at radius 2 is 0.654 bits per heavy atom. The molecule has 11 aromatic rings. The van der Waals surface area contributed by atoms with Crippen LogP contribution in [0, 0.1) is 0 Å². The van der Waals surface area contributed by atoms with Gasteiger partial charge in [0, 0.05) is 43.4 Å². The first kappa shape index (κ1) is 30.3. The number of aromatic amines is 1. The van der Waals surface area contributed by atoms with Crippen LogP contribution < -0.4 is 10.9 Å². The van der Waals surface area contributed by atoms with Crippen molar-refractivity contribution in [2.24, 2.45) is 0 Å². The highest BCUT2D eigenvalue weighted by Crippen LogP contribution is 2.33. The first-order valence-electron chi connectivity index (χ1n) is 17.4. The van der Waals surface area contributed by atoms with Crippen LogP contribution in [0.4, 0.5) is 0 Å². The molecular weight excluding hydrogens is 654 g/mol. The van der Waals surface area contributed by atoms with E-state index in [9.17, 15) is 0 Å². The van der Waals surface area contributed by atoms with Crippen LogP contribution in [0.1, 0.15) is 0 Å². The lowest BCUT2D eigenvalue weighted by Crippen LogP contribution is -2.14. The zero-order valence-corrected chi connectivity index (χ0v) is 29.1. The van der Waals surface area contributed by atoms with Gasteiger partial charge in [-0.25, -0.2) is 9.97 Å². The van der Waals surface area contributed by atoms with Gasteiger partial charge < -0.3 is 4.98 Å². The summed E-state index contributed by atoms with van der Waals surface area (Å²) in [6.45, 7) is 0. The van der Waals surface area contributed by atoms with Crippen molar-refractivity contribution in [2.45, 2.75) is 0 Å². The molecule has 0 aliphatic carbocycles. The molecule has 1 N–H and O–H groups in total. The largest absolute Gasteiger partial charge is 0.355 e. The summed E-state index contributed by atoms with van der Waals surface area (Å²) in [6, 6.07) is 63.5. The van der Waals surface area contributed by atoms with Gasteiger partial charge in [-0.3, -0.25) is 9.13 Å². The van der Waals surface area contributed by atoms with E-state index in [2.05, 4.69) is 196 Å². The van der Waals surface area contributed by atoms with Gasteiger partial charge in [-0.2, -0.15) is 0 Å². The second kappa shape index (κ2) is 12.6. The summed E-state index contributed by atoms with van der Waals surface area (Å²) in [4.78, 5) is 13.6. The number of H-pyrrole nitrogens is 1. The van der Waals surface area contributed by atoms with E-state index < -0.39 is 0 Å². The van der Waals surface area contributed by atoms with Crippen LogP contribution in [0.15, 0.2) is 182 Å². The number of para-hydroxylation sites is 6. The number of hydrogen-bond acceptors (Lipinski definition) is 2. The van der Waals surface area contributed by atoms with Crippen molar-refractivity contribution in [1.82, 2.24) is 24.1 Å². The SMILES string of the molecule is c1cc(Pc2cccc(-n3c4ccccc4c4ccccc43)n2)nc(-n2c3ccccc3c3ccccc32)c1.c1ccc2c(c1)[nH]c1ccccc12. The quantitative estimate of drug-likeness (QED) is 0.188. The topological polar surface area (TPSA) is 51.4 Å². The maximum Gasteiger partial charge on any atom is 0.138 e. The number of aromatic nitrogens is 5. The Labute approximate surface area is 301 Å². The van der Waals surface area contributed by atoms with Crippen molar-refractivity contribution in [3.05, 3.63) is 182 Å². The first-order valence-corrected chi connectivity index (χ1v) is 18.4. The maximum absolute atomic E-state index is 5.13. The van der Waals surface area contributed by atoms with Crippen molar-refractivity contribution < 1.29 is 0 Å². The monoisotopic (exact) mass is 685 g/mol. The van der Waals surface area contributed by atoms with E-state index in [4.69, 9.17) is 9.97 Å². The second-order valence-electron chi connectivity index (χ2n) is 12.8. The summed E-state index contributed by atoms with van der Waals surface area (Å²) < 4.78 is 4.53. The Kier molecular flexibility index (Phi) is 7.37. The molecule has 11 rings (SSSR count). The van der Waals surface area contributed by atoms with Gasteiger partial charge in [0.1, 0.15) is 11.6 Å². The molecule has 0 amide bonds. The standard InChI is InChI=1S/C34H23N4P.C12H9N/c1-5-15-27-23(11-1)24-12-2-6-16-28(24)37(27)31-19-9-21-33(35-31)39-34-22-10-20-32(36-34)38-29-17-7-3-13-25(29)26-14-4-8-18-30(26)38;1-3-7-11-9(5-1)10-6-2-4-8-12(10)13-11/h1-22,39H;1-8,13H. The number of pyridine rings is 2. The Balaban J connectivity index is 0.000000218. The lowest BCUT2D eigenvalue weighted by atomic mass is 10.2. The molecule has 0 saturated carbocycles. The molecule has 52 heavy (non-hydrogen) atoms. The van der Waals surface area contributed by atoms with Crippen LogP contribution in [-0.2, 0) is 0 Å². The zero-order valence-electron chi connectivity index (χ0n) is 28.1. The highest BCUT2D eigenvalue weighted by atomic mass is 31.1. The van der Waals surface area contributed by atoms with Gasteiger partial charge in [-0.05, 0) is 69.2 Å². The van der Waals surface area contributed by atoms with Gasteiger partial charge in [0.2, 0.25) is 0 Å². The van der Waals surface area contributed by atoms with Crippen molar-refractivity contribution >= 4 is 84.9 Å². The summed E-state index contributed by atoms with van der Waals surface area (Å²) in [5.41, 5.74) is 9.11. The van der Waals surface area contributed by atoms with Crippen LogP contribution in [0.25, 0.3) is 77.1 Å². The number of benzene rings is 6. The smallest absolute Gasteiger partial charge is 0.138 e. The normalized spacial score (nSPS) is 11.5. The molecule has 0 bridgehead atoms. The number of nitrogens with one attached hydrogen (secondary N) is 1. The predicted molar refractivity (Wildman–Crippen MR) is 221 cm³/mol. The summed E-state index contributed by atoms with van der Waals surface area (Å²) >= 11 is 0. The second-order valence-corrected chi connectivity index (χ2v) is 14.1. The molecule has 0 unspecified atom stereocenters. The van der Waals surface area contributed by atoms with Crippen LogP contribution in [0.2, 0.25) is 0 Å². The Morgan fingerprint density at radius 1 is 0.327 bits per heavy atom. The third-order valence-electron chi connectivity index (χ3n) is 9.76. The molecule has 0 fully saturated rings. The lowest BCUT2D eigenvalue weighted by Gasteiger charge is -2.10. The van der Waals surface area contributed by atoms with Gasteiger partial charge in [0.15, 0.2) is 0 Å². The van der Waals surface area contributed by atoms with Gasteiger partial charge >= 0.3 is 0 Å². The molecule has 5 nitrogen and oxygen atoms in total. The van der Waals surface area contributed by atoms with E-state index >= 15 is 0 Å². The Bertz CT molecular complexity index is 2760. The van der Waals surface area contributed by atoms with E-state index in [1.807, 2.05) is 0 Å². The number of hydrogen-bond donors (Lipinski definition) is 1. The lowest BCUT2D eigenvalue weighted by molar-refractivity contribution is 1.09. The molecule has 5 aromatic heterocycles. The predicted octanol–water partition coefficient (Wildman–Crippen LogP) is 10.6. The van der Waals surface area contributed by atoms with E-state index in [1.165, 1.54) is 43.4 Å².